The van der Waals surface area contributed by atoms with Crippen molar-refractivity contribution in [3.05, 3.63) is 35.0 Å². The fourth-order valence-corrected chi connectivity index (χ4v) is 1.83. The first kappa shape index (κ1) is 9.16. The molecular formula is C13H12ClNO3. The van der Waals surface area contributed by atoms with Crippen molar-refractivity contribution in [3.8, 4) is 5.75 Å². The van der Waals surface area contributed by atoms with E-state index in [0.717, 1.165) is 0 Å². The van der Waals surface area contributed by atoms with Gasteiger partial charge in [0.1, 0.15) is 5.75 Å². The van der Waals surface area contributed by atoms with Crippen LogP contribution in [0.3, 0.4) is 0 Å². The van der Waals surface area contributed by atoms with Crippen LogP contribution in [0.5, 0.6) is 5.75 Å². The molecule has 4 nitrogen and oxygen atoms in total. The molecule has 0 spiro atoms. The molecule has 1 aromatic heterocycles. The number of fused-ring (bicyclic) bond motifs is 1. The Hall–Kier alpha value is -1.81. The Bertz CT molecular complexity index is 688. The quantitative estimate of drug-likeness (QED) is 0.803. The van der Waals surface area contributed by atoms with Crippen LogP contribution in [0.4, 0.5) is 0 Å². The van der Waals surface area contributed by atoms with Gasteiger partial charge >= 0.3 is 5.97 Å². The van der Waals surface area contributed by atoms with Gasteiger partial charge in [0.2, 0.25) is 0 Å². The van der Waals surface area contributed by atoms with E-state index in [2.05, 4.69) is 4.98 Å². The number of methoxy groups -OCH3 is 1. The van der Waals surface area contributed by atoms with E-state index in [1.54, 1.807) is 13.0 Å². The first-order chi connectivity index (χ1) is 9.81. The first-order valence-corrected chi connectivity index (χ1v) is 5.64. The zero-order chi connectivity index (χ0) is 15.6. The van der Waals surface area contributed by atoms with Crippen molar-refractivity contribution in [1.29, 1.82) is 0 Å². The van der Waals surface area contributed by atoms with Gasteiger partial charge in [0, 0.05) is 11.6 Å². The van der Waals surface area contributed by atoms with Crippen LogP contribution in [-0.2, 0) is 4.74 Å². The number of carbonyl (C=O) groups is 1. The molecule has 1 aromatic carbocycles. The lowest BCUT2D eigenvalue weighted by Crippen LogP contribution is -2.06. The van der Waals surface area contributed by atoms with Crippen molar-refractivity contribution < 1.29 is 18.4 Å². The van der Waals surface area contributed by atoms with E-state index < -0.39 is 13.0 Å². The number of carbonyl (C=O) groups excluding carboxylic acids is 1. The van der Waals surface area contributed by atoms with Crippen LogP contribution in [0, 0.1) is 0 Å². The second-order valence-electron chi connectivity index (χ2n) is 3.49. The molecule has 0 unspecified atom stereocenters. The van der Waals surface area contributed by atoms with Crippen LogP contribution in [0.1, 0.15) is 21.4 Å². The summed E-state index contributed by atoms with van der Waals surface area (Å²) in [5, 5.41) is 0.568. The highest BCUT2D eigenvalue weighted by Gasteiger charge is 2.15. The smallest absolute Gasteiger partial charge is 0.341 e. The molecule has 5 heteroatoms. The molecule has 0 aliphatic rings. The van der Waals surface area contributed by atoms with Crippen LogP contribution in [0.25, 0.3) is 10.9 Å². The van der Waals surface area contributed by atoms with Gasteiger partial charge in [0.05, 0.1) is 33.9 Å². The molecule has 0 radical (unpaired) electrons. The number of benzene rings is 1. The molecule has 0 aliphatic carbocycles. The van der Waals surface area contributed by atoms with Gasteiger partial charge in [-0.3, -0.25) is 4.98 Å². The molecule has 2 rings (SSSR count). The zero-order valence-corrected chi connectivity index (χ0v) is 10.3. The summed E-state index contributed by atoms with van der Waals surface area (Å²) in [4.78, 5) is 15.9. The molecule has 0 aliphatic heterocycles. The number of rotatable bonds is 3. The summed E-state index contributed by atoms with van der Waals surface area (Å²) in [6, 6.07) is 4.47. The summed E-state index contributed by atoms with van der Waals surface area (Å²) < 4.78 is 30.9. The lowest BCUT2D eigenvalue weighted by atomic mass is 10.1. The Morgan fingerprint density at radius 3 is 3.11 bits per heavy atom. The van der Waals surface area contributed by atoms with Gasteiger partial charge in [-0.15, -0.1) is 0 Å². The third kappa shape index (κ3) is 2.24. The molecule has 94 valence electrons. The van der Waals surface area contributed by atoms with Crippen molar-refractivity contribution in [2.75, 3.05) is 13.6 Å². The summed E-state index contributed by atoms with van der Waals surface area (Å²) in [5.41, 5.74) is 0.642. The van der Waals surface area contributed by atoms with Crippen molar-refractivity contribution in [2.45, 2.75) is 6.92 Å². The molecule has 0 fully saturated rings. The summed E-state index contributed by atoms with van der Waals surface area (Å²) in [5.74, 6) is -0.466. The molecule has 0 bridgehead atoms. The Morgan fingerprint density at radius 2 is 2.39 bits per heavy atom. The second kappa shape index (κ2) is 5.23. The fourth-order valence-electron chi connectivity index (χ4n) is 1.55. The largest absolute Gasteiger partial charge is 0.497 e. The number of nitrogens with zero attached hydrogens (tertiary/aromatic N) is 1. The highest BCUT2D eigenvalue weighted by atomic mass is 35.5. The van der Waals surface area contributed by atoms with Gasteiger partial charge in [-0.05, 0) is 25.1 Å². The minimum atomic E-state index is -2.56. The molecule has 0 N–H and O–H groups in total. The van der Waals surface area contributed by atoms with Crippen LogP contribution in [0.15, 0.2) is 24.4 Å². The molecule has 2 aromatic rings. The van der Waals surface area contributed by atoms with E-state index in [1.807, 2.05) is 0 Å². The molecule has 0 amide bonds. The van der Waals surface area contributed by atoms with Gasteiger partial charge < -0.3 is 9.47 Å². The highest BCUT2D eigenvalue weighted by Crippen LogP contribution is 2.29. The van der Waals surface area contributed by atoms with E-state index in [0.29, 0.717) is 10.9 Å². The third-order valence-electron chi connectivity index (χ3n) is 2.39. The third-order valence-corrected chi connectivity index (χ3v) is 2.79. The van der Waals surface area contributed by atoms with E-state index in [-0.39, 0.29) is 22.9 Å². The van der Waals surface area contributed by atoms with Crippen molar-refractivity contribution >= 4 is 28.5 Å². The summed E-state index contributed by atoms with van der Waals surface area (Å²) >= 11 is 6.18. The average molecular weight is 269 g/mol. The number of pyridine rings is 1. The van der Waals surface area contributed by atoms with Gasteiger partial charge in [-0.25, -0.2) is 4.79 Å². The first-order valence-electron chi connectivity index (χ1n) is 6.76. The fraction of sp³-hybridized carbons (Fsp3) is 0.231. The summed E-state index contributed by atoms with van der Waals surface area (Å²) in [6.45, 7) is 1.90. The molecule has 18 heavy (non-hydrogen) atoms. The highest BCUT2D eigenvalue weighted by molar-refractivity contribution is 6.38. The summed E-state index contributed by atoms with van der Waals surface area (Å²) in [7, 11) is -2.56. The standard InChI is InChI=1S/C13H12ClNO3/c1-3-18-13(16)10-7-15-11-5-4-8(17-2)6-9(11)12(10)14/h4-7H,3H2,1-2H3/i2D3. The van der Waals surface area contributed by atoms with Crippen LogP contribution >= 0.6 is 11.6 Å². The Morgan fingerprint density at radius 1 is 1.56 bits per heavy atom. The van der Waals surface area contributed by atoms with Crippen LogP contribution < -0.4 is 4.74 Å². The molecule has 0 saturated carbocycles. The average Bonchev–Trinajstić information content (AvgIpc) is 2.38. The maximum absolute atomic E-state index is 11.8. The monoisotopic (exact) mass is 268 g/mol. The lowest BCUT2D eigenvalue weighted by Gasteiger charge is -2.07. The van der Waals surface area contributed by atoms with Gasteiger partial charge in [0.15, 0.2) is 0 Å². The molecule has 1 heterocycles. The Kier molecular flexibility index (Phi) is 2.66. The van der Waals surface area contributed by atoms with Crippen molar-refractivity contribution in [1.82, 2.24) is 4.98 Å². The van der Waals surface area contributed by atoms with Gasteiger partial charge in [0.25, 0.3) is 0 Å². The number of aromatic nitrogens is 1. The maximum Gasteiger partial charge on any atom is 0.341 e. The maximum atomic E-state index is 11.8. The minimum absolute atomic E-state index is 0.118. The predicted molar refractivity (Wildman–Crippen MR) is 69.3 cm³/mol. The number of hydrogen-bond acceptors (Lipinski definition) is 4. The Labute approximate surface area is 114 Å². The van der Waals surface area contributed by atoms with Gasteiger partial charge in [-0.1, -0.05) is 11.6 Å². The molecule has 0 atom stereocenters. The second-order valence-corrected chi connectivity index (χ2v) is 3.87. The van der Waals surface area contributed by atoms with E-state index in [1.165, 1.54) is 18.3 Å². The number of hydrogen-bond donors (Lipinski definition) is 0. The topological polar surface area (TPSA) is 48.4 Å². The number of ether oxygens (including phenoxy) is 2. The van der Waals surface area contributed by atoms with Crippen LogP contribution in [0.2, 0.25) is 5.02 Å². The molecular weight excluding hydrogens is 254 g/mol. The van der Waals surface area contributed by atoms with Gasteiger partial charge in [-0.2, -0.15) is 0 Å². The molecule has 0 saturated heterocycles. The lowest BCUT2D eigenvalue weighted by molar-refractivity contribution is 0.0526. The number of esters is 1. The minimum Gasteiger partial charge on any atom is -0.497 e. The van der Waals surface area contributed by atoms with E-state index in [4.69, 9.17) is 25.2 Å². The van der Waals surface area contributed by atoms with E-state index >= 15 is 0 Å². The van der Waals surface area contributed by atoms with Crippen LogP contribution in [-0.4, -0.2) is 24.6 Å². The predicted octanol–water partition coefficient (Wildman–Crippen LogP) is 3.07. The number of halogens is 1. The van der Waals surface area contributed by atoms with Crippen molar-refractivity contribution in [2.24, 2.45) is 0 Å². The summed E-state index contributed by atoms with van der Waals surface area (Å²) in [6.07, 6.45) is 1.33. The van der Waals surface area contributed by atoms with E-state index in [9.17, 15) is 4.79 Å². The normalized spacial score (nSPS) is 13.6. The Balaban J connectivity index is 2.49. The zero-order valence-electron chi connectivity index (χ0n) is 12.6. The SMILES string of the molecule is [2H]C([2H])([2H])Oc1ccc2ncc(C(=O)OCC)c(Cl)c2c1. The van der Waals surface area contributed by atoms with Crippen molar-refractivity contribution in [3.63, 3.8) is 0 Å².